The van der Waals surface area contributed by atoms with E-state index in [0.29, 0.717) is 18.0 Å². The number of thioether (sulfide) groups is 1. The molecular formula is C11H14F3N3S. The molecule has 7 heteroatoms. The maximum absolute atomic E-state index is 12.9. The third kappa shape index (κ3) is 2.95. The molecule has 0 radical (unpaired) electrons. The molecule has 2 rings (SSSR count). The van der Waals surface area contributed by atoms with E-state index in [1.54, 1.807) is 11.8 Å². The first kappa shape index (κ1) is 13.6. The van der Waals surface area contributed by atoms with E-state index < -0.39 is 11.9 Å². The van der Waals surface area contributed by atoms with Gasteiger partial charge in [0.25, 0.3) is 0 Å². The molecule has 0 amide bonds. The van der Waals surface area contributed by atoms with Crippen LogP contribution < -0.4 is 5.32 Å². The van der Waals surface area contributed by atoms with Gasteiger partial charge in [0, 0.05) is 18.7 Å². The predicted octanol–water partition coefficient (Wildman–Crippen LogP) is 2.74. The van der Waals surface area contributed by atoms with Crippen molar-refractivity contribution >= 4 is 11.8 Å². The van der Waals surface area contributed by atoms with Gasteiger partial charge in [-0.2, -0.15) is 24.9 Å². The van der Waals surface area contributed by atoms with Gasteiger partial charge in [0.1, 0.15) is 5.82 Å². The summed E-state index contributed by atoms with van der Waals surface area (Å²) in [5.74, 6) is 1.62. The molecule has 18 heavy (non-hydrogen) atoms. The van der Waals surface area contributed by atoms with Crippen LogP contribution in [0.5, 0.6) is 0 Å². The molecule has 1 N–H and O–H groups in total. The van der Waals surface area contributed by atoms with E-state index in [1.165, 1.54) is 0 Å². The van der Waals surface area contributed by atoms with Gasteiger partial charge in [-0.25, -0.2) is 9.97 Å². The molecule has 0 saturated carbocycles. The van der Waals surface area contributed by atoms with Gasteiger partial charge in [-0.05, 0) is 12.2 Å². The highest BCUT2D eigenvalue weighted by Crippen LogP contribution is 2.33. The first-order valence-corrected chi connectivity index (χ1v) is 6.92. The van der Waals surface area contributed by atoms with Gasteiger partial charge in [0.2, 0.25) is 0 Å². The Morgan fingerprint density at radius 1 is 1.28 bits per heavy atom. The molecule has 0 aromatic carbocycles. The Labute approximate surface area is 108 Å². The van der Waals surface area contributed by atoms with Gasteiger partial charge in [-0.3, -0.25) is 0 Å². The second-order valence-corrected chi connectivity index (χ2v) is 5.17. The molecule has 0 unspecified atom stereocenters. The highest BCUT2D eigenvalue weighted by atomic mass is 32.2. The first-order valence-electron chi connectivity index (χ1n) is 5.76. The minimum Gasteiger partial charge on any atom is -0.307 e. The van der Waals surface area contributed by atoms with E-state index in [1.807, 2.05) is 6.92 Å². The summed E-state index contributed by atoms with van der Waals surface area (Å²) >= 11 is 1.56. The van der Waals surface area contributed by atoms with Gasteiger partial charge in [-0.1, -0.05) is 6.92 Å². The van der Waals surface area contributed by atoms with Crippen molar-refractivity contribution in [2.75, 3.05) is 5.75 Å². The molecule has 3 nitrogen and oxygen atoms in total. The van der Waals surface area contributed by atoms with Crippen molar-refractivity contribution in [2.45, 2.75) is 38.4 Å². The van der Waals surface area contributed by atoms with E-state index in [9.17, 15) is 13.2 Å². The average molecular weight is 277 g/mol. The topological polar surface area (TPSA) is 37.8 Å². The Hall–Kier alpha value is -0.820. The number of aromatic nitrogens is 2. The van der Waals surface area contributed by atoms with Crippen molar-refractivity contribution in [1.29, 1.82) is 0 Å². The van der Waals surface area contributed by atoms with Crippen LogP contribution in [0.1, 0.15) is 36.1 Å². The van der Waals surface area contributed by atoms with Crippen LogP contribution in [-0.4, -0.2) is 15.7 Å². The number of rotatable bonds is 4. The smallest absolute Gasteiger partial charge is 0.307 e. The molecule has 2 heterocycles. The number of hydrogen-bond donors (Lipinski definition) is 1. The molecule has 100 valence electrons. The summed E-state index contributed by atoms with van der Waals surface area (Å²) < 4.78 is 38.7. The quantitative estimate of drug-likeness (QED) is 0.859. The molecule has 0 saturated heterocycles. The van der Waals surface area contributed by atoms with Crippen LogP contribution in [0.3, 0.4) is 0 Å². The van der Waals surface area contributed by atoms with Crippen molar-refractivity contribution < 1.29 is 13.2 Å². The molecule has 0 bridgehead atoms. The van der Waals surface area contributed by atoms with Gasteiger partial charge in [0.05, 0.1) is 11.4 Å². The standard InChI is InChI=1S/C11H14F3N3S/c1-2-3-18-6-9-16-8-5-15-4-7(8)10(17-9)11(12,13)14/h15H,2-6H2,1H3. The number of nitrogens with zero attached hydrogens (tertiary/aromatic N) is 2. The van der Waals surface area contributed by atoms with Crippen molar-refractivity contribution in [3.63, 3.8) is 0 Å². The molecule has 0 spiro atoms. The van der Waals surface area contributed by atoms with Crippen molar-refractivity contribution in [3.8, 4) is 0 Å². The molecular weight excluding hydrogens is 263 g/mol. The van der Waals surface area contributed by atoms with Crippen LogP contribution in [-0.2, 0) is 25.0 Å². The van der Waals surface area contributed by atoms with Gasteiger partial charge in [0.15, 0.2) is 5.69 Å². The molecule has 1 aromatic rings. The van der Waals surface area contributed by atoms with Crippen LogP contribution in [0.4, 0.5) is 13.2 Å². The maximum Gasteiger partial charge on any atom is 0.433 e. The van der Waals surface area contributed by atoms with E-state index in [0.717, 1.165) is 12.2 Å². The zero-order valence-corrected chi connectivity index (χ0v) is 10.8. The fraction of sp³-hybridized carbons (Fsp3) is 0.636. The number of hydrogen-bond acceptors (Lipinski definition) is 4. The zero-order valence-electron chi connectivity index (χ0n) is 9.97. The summed E-state index contributed by atoms with van der Waals surface area (Å²) in [4.78, 5) is 7.90. The molecule has 1 aliphatic rings. The molecule has 1 aliphatic heterocycles. The fourth-order valence-electron chi connectivity index (χ4n) is 1.83. The second-order valence-electron chi connectivity index (χ2n) is 4.07. The third-order valence-electron chi connectivity index (χ3n) is 2.58. The second kappa shape index (κ2) is 5.44. The number of halogens is 3. The zero-order chi connectivity index (χ0) is 13.2. The third-order valence-corrected chi connectivity index (χ3v) is 3.74. The summed E-state index contributed by atoms with van der Waals surface area (Å²) in [6, 6.07) is 0. The van der Waals surface area contributed by atoms with E-state index >= 15 is 0 Å². The highest BCUT2D eigenvalue weighted by molar-refractivity contribution is 7.98. The van der Waals surface area contributed by atoms with E-state index in [4.69, 9.17) is 0 Å². The predicted molar refractivity (Wildman–Crippen MR) is 64.0 cm³/mol. The molecule has 0 atom stereocenters. The maximum atomic E-state index is 12.9. The van der Waals surface area contributed by atoms with Gasteiger partial charge < -0.3 is 5.32 Å². The van der Waals surface area contributed by atoms with Crippen molar-refractivity contribution in [2.24, 2.45) is 0 Å². The van der Waals surface area contributed by atoms with Gasteiger partial charge in [-0.15, -0.1) is 0 Å². The van der Waals surface area contributed by atoms with E-state index in [2.05, 4.69) is 15.3 Å². The lowest BCUT2D eigenvalue weighted by molar-refractivity contribution is -0.142. The summed E-state index contributed by atoms with van der Waals surface area (Å²) in [7, 11) is 0. The lowest BCUT2D eigenvalue weighted by Crippen LogP contribution is -2.15. The largest absolute Gasteiger partial charge is 0.433 e. The number of nitrogens with one attached hydrogen (secondary N) is 1. The Bertz CT molecular complexity index is 434. The Balaban J connectivity index is 2.28. The van der Waals surface area contributed by atoms with Crippen LogP contribution in [0.2, 0.25) is 0 Å². The normalized spacial score (nSPS) is 14.9. The van der Waals surface area contributed by atoms with Crippen molar-refractivity contribution in [3.05, 3.63) is 22.8 Å². The van der Waals surface area contributed by atoms with Crippen LogP contribution in [0.15, 0.2) is 0 Å². The Morgan fingerprint density at radius 2 is 2.06 bits per heavy atom. The molecule has 0 aliphatic carbocycles. The average Bonchev–Trinajstić information content (AvgIpc) is 2.74. The monoisotopic (exact) mass is 277 g/mol. The Morgan fingerprint density at radius 3 is 2.72 bits per heavy atom. The summed E-state index contributed by atoms with van der Waals surface area (Å²) in [5.41, 5.74) is -0.0826. The Kier molecular flexibility index (Phi) is 4.11. The van der Waals surface area contributed by atoms with Gasteiger partial charge >= 0.3 is 6.18 Å². The number of fused-ring (bicyclic) bond motifs is 1. The molecule has 0 fully saturated rings. The summed E-state index contributed by atoms with van der Waals surface area (Å²) in [6.45, 7) is 2.63. The van der Waals surface area contributed by atoms with Crippen LogP contribution in [0.25, 0.3) is 0 Å². The van der Waals surface area contributed by atoms with Crippen LogP contribution in [0, 0.1) is 0 Å². The lowest BCUT2D eigenvalue weighted by Gasteiger charge is -2.12. The SMILES string of the molecule is CCCSCc1nc2c(c(C(F)(F)F)n1)CNC2. The number of alkyl halides is 3. The fourth-order valence-corrected chi connectivity index (χ4v) is 2.57. The summed E-state index contributed by atoms with van der Waals surface area (Å²) in [6.07, 6.45) is -3.41. The lowest BCUT2D eigenvalue weighted by atomic mass is 10.2. The van der Waals surface area contributed by atoms with Crippen molar-refractivity contribution in [1.82, 2.24) is 15.3 Å². The molecule has 1 aromatic heterocycles. The minimum absolute atomic E-state index is 0.201. The summed E-state index contributed by atoms with van der Waals surface area (Å²) in [5, 5.41) is 2.89. The van der Waals surface area contributed by atoms with Crippen LogP contribution >= 0.6 is 11.8 Å². The minimum atomic E-state index is -4.40. The first-order chi connectivity index (χ1) is 8.52. The van der Waals surface area contributed by atoms with E-state index in [-0.39, 0.29) is 17.9 Å². The highest BCUT2D eigenvalue weighted by Gasteiger charge is 2.38.